The van der Waals surface area contributed by atoms with Crippen LogP contribution in [0.15, 0.2) is 23.1 Å². The quantitative estimate of drug-likeness (QED) is 0.886. The molecule has 3 N–H and O–H groups in total. The fourth-order valence-corrected chi connectivity index (χ4v) is 3.74. The van der Waals surface area contributed by atoms with Crippen LogP contribution in [0.4, 0.5) is 4.39 Å². The molecular formula is C12H17Cl2FN2O2S. The summed E-state index contributed by atoms with van der Waals surface area (Å²) < 4.78 is 40.3. The summed E-state index contributed by atoms with van der Waals surface area (Å²) in [5, 5.41) is 0.167. The molecule has 1 aliphatic carbocycles. The van der Waals surface area contributed by atoms with Crippen molar-refractivity contribution in [3.8, 4) is 0 Å². The van der Waals surface area contributed by atoms with Gasteiger partial charge in [0.2, 0.25) is 10.0 Å². The first-order valence-electron chi connectivity index (χ1n) is 6.11. The maximum atomic E-state index is 13.6. The molecule has 2 rings (SSSR count). The van der Waals surface area contributed by atoms with Gasteiger partial charge >= 0.3 is 0 Å². The summed E-state index contributed by atoms with van der Waals surface area (Å²) in [4.78, 5) is -0.369. The van der Waals surface area contributed by atoms with E-state index in [9.17, 15) is 12.8 Å². The predicted octanol–water partition coefficient (Wildman–Crippen LogP) is 2.45. The molecule has 1 aromatic rings. The molecule has 0 saturated heterocycles. The molecule has 8 heteroatoms. The van der Waals surface area contributed by atoms with Gasteiger partial charge in [-0.2, -0.15) is 0 Å². The molecule has 1 aliphatic rings. The highest BCUT2D eigenvalue weighted by Crippen LogP contribution is 2.22. The van der Waals surface area contributed by atoms with E-state index in [0.29, 0.717) is 12.8 Å². The lowest BCUT2D eigenvalue weighted by Crippen LogP contribution is -2.40. The Morgan fingerprint density at radius 3 is 2.40 bits per heavy atom. The number of hydrogen-bond acceptors (Lipinski definition) is 3. The molecule has 0 amide bonds. The largest absolute Gasteiger partial charge is 0.328 e. The third-order valence-electron chi connectivity index (χ3n) is 3.28. The van der Waals surface area contributed by atoms with Crippen LogP contribution in [0.3, 0.4) is 0 Å². The minimum absolute atomic E-state index is 0. The van der Waals surface area contributed by atoms with Crippen molar-refractivity contribution in [3.63, 3.8) is 0 Å². The SMILES string of the molecule is Cl.NC1CCC(NS(=O)(=O)c2ccc(Cl)cc2F)CC1. The molecule has 0 bridgehead atoms. The third-order valence-corrected chi connectivity index (χ3v) is 5.07. The van der Waals surface area contributed by atoms with Crippen molar-refractivity contribution in [2.75, 3.05) is 0 Å². The Bertz CT molecular complexity index is 561. The molecule has 0 heterocycles. The molecule has 4 nitrogen and oxygen atoms in total. The van der Waals surface area contributed by atoms with Crippen molar-refractivity contribution < 1.29 is 12.8 Å². The van der Waals surface area contributed by atoms with E-state index in [1.807, 2.05) is 0 Å². The van der Waals surface area contributed by atoms with Crippen LogP contribution in [-0.2, 0) is 10.0 Å². The molecule has 0 unspecified atom stereocenters. The monoisotopic (exact) mass is 342 g/mol. The Labute approximate surface area is 129 Å². The van der Waals surface area contributed by atoms with Gasteiger partial charge in [-0.05, 0) is 43.9 Å². The molecule has 1 fully saturated rings. The Hall–Kier alpha value is -0.400. The van der Waals surface area contributed by atoms with Crippen LogP contribution < -0.4 is 10.5 Å². The van der Waals surface area contributed by atoms with Gasteiger partial charge in [0.15, 0.2) is 0 Å². The lowest BCUT2D eigenvalue weighted by atomic mass is 9.93. The number of benzene rings is 1. The first-order chi connectivity index (χ1) is 8.88. The van der Waals surface area contributed by atoms with Gasteiger partial charge in [-0.25, -0.2) is 17.5 Å². The van der Waals surface area contributed by atoms with Gasteiger partial charge in [0.25, 0.3) is 0 Å². The van der Waals surface area contributed by atoms with Gasteiger partial charge in [-0.15, -0.1) is 12.4 Å². The predicted molar refractivity (Wildman–Crippen MR) is 79.2 cm³/mol. The van der Waals surface area contributed by atoms with Crippen molar-refractivity contribution in [2.24, 2.45) is 5.73 Å². The molecular weight excluding hydrogens is 326 g/mol. The number of hydrogen-bond donors (Lipinski definition) is 2. The van der Waals surface area contributed by atoms with E-state index in [1.165, 1.54) is 12.1 Å². The molecule has 0 aliphatic heterocycles. The van der Waals surface area contributed by atoms with E-state index in [0.717, 1.165) is 18.9 Å². The van der Waals surface area contributed by atoms with Crippen molar-refractivity contribution in [2.45, 2.75) is 42.7 Å². The highest BCUT2D eigenvalue weighted by Gasteiger charge is 2.26. The lowest BCUT2D eigenvalue weighted by Gasteiger charge is -2.26. The Kier molecular flexibility index (Phi) is 6.22. The molecule has 0 atom stereocenters. The zero-order chi connectivity index (χ0) is 14.0. The molecule has 20 heavy (non-hydrogen) atoms. The highest BCUT2D eigenvalue weighted by atomic mass is 35.5. The van der Waals surface area contributed by atoms with Crippen LogP contribution in [0.25, 0.3) is 0 Å². The van der Waals surface area contributed by atoms with Crippen LogP contribution in [-0.4, -0.2) is 20.5 Å². The van der Waals surface area contributed by atoms with Crippen molar-refractivity contribution in [3.05, 3.63) is 29.0 Å². The molecule has 1 aromatic carbocycles. The van der Waals surface area contributed by atoms with E-state index >= 15 is 0 Å². The first kappa shape index (κ1) is 17.7. The van der Waals surface area contributed by atoms with Gasteiger partial charge in [0.1, 0.15) is 10.7 Å². The van der Waals surface area contributed by atoms with Gasteiger partial charge in [-0.1, -0.05) is 11.6 Å². The third kappa shape index (κ3) is 4.30. The number of nitrogens with one attached hydrogen (secondary N) is 1. The lowest BCUT2D eigenvalue weighted by molar-refractivity contribution is 0.373. The van der Waals surface area contributed by atoms with Gasteiger partial charge < -0.3 is 5.73 Å². The second-order valence-corrected chi connectivity index (χ2v) is 6.93. The zero-order valence-electron chi connectivity index (χ0n) is 10.7. The van der Waals surface area contributed by atoms with Crippen LogP contribution >= 0.6 is 24.0 Å². The summed E-state index contributed by atoms with van der Waals surface area (Å²) >= 11 is 5.61. The van der Waals surface area contributed by atoms with Gasteiger partial charge in [0.05, 0.1) is 0 Å². The first-order valence-corrected chi connectivity index (χ1v) is 7.97. The minimum Gasteiger partial charge on any atom is -0.328 e. The normalized spacial score (nSPS) is 23.1. The van der Waals surface area contributed by atoms with Crippen LogP contribution in [0.2, 0.25) is 5.02 Å². The number of rotatable bonds is 3. The Morgan fingerprint density at radius 2 is 1.85 bits per heavy atom. The maximum absolute atomic E-state index is 13.6. The average molecular weight is 343 g/mol. The fraction of sp³-hybridized carbons (Fsp3) is 0.500. The van der Waals surface area contributed by atoms with Crippen molar-refractivity contribution in [1.82, 2.24) is 4.72 Å². The molecule has 0 radical (unpaired) electrons. The number of nitrogens with two attached hydrogens (primary N) is 1. The fourth-order valence-electron chi connectivity index (χ4n) is 2.21. The van der Waals surface area contributed by atoms with Crippen LogP contribution in [0.5, 0.6) is 0 Å². The van der Waals surface area contributed by atoms with Crippen molar-refractivity contribution in [1.29, 1.82) is 0 Å². The molecule has 0 spiro atoms. The molecule has 114 valence electrons. The summed E-state index contributed by atoms with van der Waals surface area (Å²) in [5.74, 6) is -0.840. The topological polar surface area (TPSA) is 72.2 Å². The summed E-state index contributed by atoms with van der Waals surface area (Å²) in [6.45, 7) is 0. The molecule has 0 aromatic heterocycles. The summed E-state index contributed by atoms with van der Waals surface area (Å²) in [5.41, 5.74) is 5.76. The number of sulfonamides is 1. The van der Waals surface area contributed by atoms with Crippen molar-refractivity contribution >= 4 is 34.0 Å². The molecule has 1 saturated carbocycles. The second-order valence-electron chi connectivity index (χ2n) is 4.81. The number of halogens is 3. The Balaban J connectivity index is 0.00000200. The van der Waals surface area contributed by atoms with Crippen LogP contribution in [0, 0.1) is 5.82 Å². The van der Waals surface area contributed by atoms with Crippen LogP contribution in [0.1, 0.15) is 25.7 Å². The maximum Gasteiger partial charge on any atom is 0.243 e. The van der Waals surface area contributed by atoms with E-state index < -0.39 is 15.8 Å². The van der Waals surface area contributed by atoms with Gasteiger partial charge in [0, 0.05) is 17.1 Å². The average Bonchev–Trinajstić information content (AvgIpc) is 2.31. The highest BCUT2D eigenvalue weighted by molar-refractivity contribution is 7.89. The minimum atomic E-state index is -3.85. The van der Waals surface area contributed by atoms with E-state index in [1.54, 1.807) is 0 Å². The van der Waals surface area contributed by atoms with Gasteiger partial charge in [-0.3, -0.25) is 0 Å². The van der Waals surface area contributed by atoms with E-state index in [2.05, 4.69) is 4.72 Å². The summed E-state index contributed by atoms with van der Waals surface area (Å²) in [6.07, 6.45) is 2.90. The smallest absolute Gasteiger partial charge is 0.243 e. The second kappa shape index (κ2) is 7.04. The van der Waals surface area contributed by atoms with E-state index in [4.69, 9.17) is 17.3 Å². The Morgan fingerprint density at radius 1 is 1.25 bits per heavy atom. The standard InChI is InChI=1S/C12H16ClFN2O2S.ClH/c13-8-1-6-12(11(14)7-8)19(17,18)16-10-4-2-9(15)3-5-10;/h1,6-7,9-10,16H,2-5,15H2;1H. The zero-order valence-corrected chi connectivity index (χ0v) is 13.1. The summed E-state index contributed by atoms with van der Waals surface area (Å²) in [6, 6.07) is 3.48. The van der Waals surface area contributed by atoms with E-state index in [-0.39, 0.29) is 34.4 Å². The summed E-state index contributed by atoms with van der Waals surface area (Å²) in [7, 11) is -3.85.